The molecule has 1 aromatic carbocycles. The van der Waals surface area contributed by atoms with Crippen LogP contribution >= 0.6 is 0 Å². The normalized spacial score (nSPS) is 16.5. The molecule has 92 valence electrons. The van der Waals surface area contributed by atoms with Gasteiger partial charge in [0.25, 0.3) is 5.91 Å². The number of carbonyl (C=O) groups is 1. The molecule has 0 radical (unpaired) electrons. The fourth-order valence-corrected chi connectivity index (χ4v) is 2.00. The lowest BCUT2D eigenvalue weighted by molar-refractivity contribution is 0.0947. The summed E-state index contributed by atoms with van der Waals surface area (Å²) < 4.78 is 0. The molecule has 0 aliphatic heterocycles. The van der Waals surface area contributed by atoms with Crippen LogP contribution in [0.5, 0.6) is 0 Å². The van der Waals surface area contributed by atoms with Crippen molar-refractivity contribution in [2.45, 2.75) is 19.8 Å². The molecule has 1 fully saturated rings. The predicted molar refractivity (Wildman–Crippen MR) is 69.5 cm³/mol. The molecule has 0 saturated heterocycles. The van der Waals surface area contributed by atoms with Crippen LogP contribution in [-0.2, 0) is 0 Å². The van der Waals surface area contributed by atoms with Gasteiger partial charge in [0, 0.05) is 23.5 Å². The lowest BCUT2D eigenvalue weighted by atomic mass is 10.1. The van der Waals surface area contributed by atoms with Crippen molar-refractivity contribution in [3.63, 3.8) is 0 Å². The van der Waals surface area contributed by atoms with Gasteiger partial charge in [-0.15, -0.1) is 0 Å². The minimum absolute atomic E-state index is 0.100. The Bertz CT molecular complexity index is 406. The van der Waals surface area contributed by atoms with E-state index in [1.807, 2.05) is 0 Å². The molecule has 2 rings (SSSR count). The van der Waals surface area contributed by atoms with Crippen LogP contribution in [0.3, 0.4) is 0 Å². The van der Waals surface area contributed by atoms with Crippen molar-refractivity contribution in [1.82, 2.24) is 5.32 Å². The van der Waals surface area contributed by atoms with Crippen molar-refractivity contribution in [2.75, 3.05) is 18.0 Å². The topological polar surface area (TPSA) is 81.1 Å². The number of hydrogen-bond acceptors (Lipinski definition) is 3. The van der Waals surface area contributed by atoms with Crippen molar-refractivity contribution >= 4 is 17.3 Å². The van der Waals surface area contributed by atoms with Gasteiger partial charge in [-0.25, -0.2) is 0 Å². The summed E-state index contributed by atoms with van der Waals surface area (Å²) in [6.45, 7) is 2.89. The van der Waals surface area contributed by atoms with Crippen LogP contribution in [0.2, 0.25) is 0 Å². The minimum Gasteiger partial charge on any atom is -0.399 e. The molecule has 4 nitrogen and oxygen atoms in total. The summed E-state index contributed by atoms with van der Waals surface area (Å²) in [6.07, 6.45) is 2.59. The number of nitrogens with one attached hydrogen (secondary N) is 1. The molecular weight excluding hydrogens is 214 g/mol. The summed E-state index contributed by atoms with van der Waals surface area (Å²) in [5.74, 6) is 1.25. The van der Waals surface area contributed by atoms with Crippen molar-refractivity contribution in [3.05, 3.63) is 23.8 Å². The van der Waals surface area contributed by atoms with E-state index in [4.69, 9.17) is 11.5 Å². The molecule has 0 heterocycles. The minimum atomic E-state index is -0.100. The zero-order valence-electron chi connectivity index (χ0n) is 10.1. The summed E-state index contributed by atoms with van der Waals surface area (Å²) in [7, 11) is 0. The fraction of sp³-hybridized carbons (Fsp3) is 0.462. The third-order valence-electron chi connectivity index (χ3n) is 3.25. The van der Waals surface area contributed by atoms with Gasteiger partial charge in [0.2, 0.25) is 0 Å². The average Bonchev–Trinajstić information content (AvgIpc) is 3.07. The predicted octanol–water partition coefficient (Wildman–Crippen LogP) is 1.63. The summed E-state index contributed by atoms with van der Waals surface area (Å²) >= 11 is 0. The second-order valence-electron chi connectivity index (χ2n) is 4.91. The maximum Gasteiger partial charge on any atom is 0.251 e. The van der Waals surface area contributed by atoms with E-state index in [1.54, 1.807) is 18.2 Å². The molecule has 1 amide bonds. The highest BCUT2D eigenvalue weighted by molar-refractivity contribution is 5.96. The van der Waals surface area contributed by atoms with E-state index in [0.29, 0.717) is 22.9 Å². The molecule has 4 heteroatoms. The van der Waals surface area contributed by atoms with E-state index in [1.165, 1.54) is 12.8 Å². The van der Waals surface area contributed by atoms with Gasteiger partial charge in [-0.3, -0.25) is 4.79 Å². The van der Waals surface area contributed by atoms with Gasteiger partial charge in [0.15, 0.2) is 0 Å². The molecule has 1 atom stereocenters. The van der Waals surface area contributed by atoms with E-state index in [-0.39, 0.29) is 5.91 Å². The monoisotopic (exact) mass is 233 g/mol. The Morgan fingerprint density at radius 3 is 2.47 bits per heavy atom. The lowest BCUT2D eigenvalue weighted by Gasteiger charge is -2.12. The Morgan fingerprint density at radius 1 is 1.35 bits per heavy atom. The second-order valence-corrected chi connectivity index (χ2v) is 4.91. The summed E-state index contributed by atoms with van der Waals surface area (Å²) in [5.41, 5.74) is 12.9. The highest BCUT2D eigenvalue weighted by Crippen LogP contribution is 2.36. The Balaban J connectivity index is 1.94. The number of nitrogen functional groups attached to an aromatic ring is 2. The van der Waals surface area contributed by atoms with Gasteiger partial charge in [0.05, 0.1) is 0 Å². The number of benzene rings is 1. The van der Waals surface area contributed by atoms with E-state index in [9.17, 15) is 4.79 Å². The molecule has 0 aromatic heterocycles. The van der Waals surface area contributed by atoms with Crippen LogP contribution in [0.1, 0.15) is 30.1 Å². The Kier molecular flexibility index (Phi) is 3.22. The van der Waals surface area contributed by atoms with Gasteiger partial charge in [-0.2, -0.15) is 0 Å². The van der Waals surface area contributed by atoms with Gasteiger partial charge in [0.1, 0.15) is 0 Å². The molecule has 1 unspecified atom stereocenters. The maximum atomic E-state index is 11.9. The van der Waals surface area contributed by atoms with Crippen LogP contribution in [0.25, 0.3) is 0 Å². The smallest absolute Gasteiger partial charge is 0.251 e. The Morgan fingerprint density at radius 2 is 1.94 bits per heavy atom. The van der Waals surface area contributed by atoms with E-state index in [2.05, 4.69) is 12.2 Å². The molecule has 1 saturated carbocycles. The number of nitrogens with two attached hydrogens (primary N) is 2. The molecular formula is C13H19N3O. The fourth-order valence-electron chi connectivity index (χ4n) is 2.00. The molecule has 5 N–H and O–H groups in total. The third kappa shape index (κ3) is 3.12. The van der Waals surface area contributed by atoms with Crippen molar-refractivity contribution in [2.24, 2.45) is 11.8 Å². The van der Waals surface area contributed by atoms with Crippen molar-refractivity contribution in [3.8, 4) is 0 Å². The molecule has 1 aliphatic rings. The highest BCUT2D eigenvalue weighted by Gasteiger charge is 2.27. The highest BCUT2D eigenvalue weighted by atomic mass is 16.1. The first-order valence-corrected chi connectivity index (χ1v) is 6.00. The van der Waals surface area contributed by atoms with Gasteiger partial charge >= 0.3 is 0 Å². The number of amides is 1. The first-order chi connectivity index (χ1) is 8.06. The Hall–Kier alpha value is -1.71. The largest absolute Gasteiger partial charge is 0.399 e. The van der Waals surface area contributed by atoms with Crippen LogP contribution in [-0.4, -0.2) is 12.5 Å². The van der Waals surface area contributed by atoms with Crippen molar-refractivity contribution in [1.29, 1.82) is 0 Å². The van der Waals surface area contributed by atoms with E-state index >= 15 is 0 Å². The first-order valence-electron chi connectivity index (χ1n) is 6.00. The second kappa shape index (κ2) is 4.65. The van der Waals surface area contributed by atoms with Crippen LogP contribution in [0, 0.1) is 11.8 Å². The third-order valence-corrected chi connectivity index (χ3v) is 3.25. The van der Waals surface area contributed by atoms with Gasteiger partial charge < -0.3 is 16.8 Å². The van der Waals surface area contributed by atoms with Crippen LogP contribution in [0.4, 0.5) is 11.4 Å². The summed E-state index contributed by atoms with van der Waals surface area (Å²) in [6, 6.07) is 4.94. The molecule has 17 heavy (non-hydrogen) atoms. The van der Waals surface area contributed by atoms with E-state index < -0.39 is 0 Å². The van der Waals surface area contributed by atoms with Gasteiger partial charge in [-0.1, -0.05) is 6.92 Å². The zero-order chi connectivity index (χ0) is 12.4. The number of rotatable bonds is 4. The summed E-state index contributed by atoms with van der Waals surface area (Å²) in [4.78, 5) is 11.9. The van der Waals surface area contributed by atoms with Crippen molar-refractivity contribution < 1.29 is 4.79 Å². The lowest BCUT2D eigenvalue weighted by Crippen LogP contribution is -2.29. The Labute approximate surface area is 101 Å². The molecule has 0 bridgehead atoms. The number of carbonyl (C=O) groups excluding carboxylic acids is 1. The maximum absolute atomic E-state index is 11.9. The first kappa shape index (κ1) is 11.8. The molecule has 0 spiro atoms. The van der Waals surface area contributed by atoms with E-state index in [0.717, 1.165) is 12.5 Å². The molecule has 1 aromatic rings. The van der Waals surface area contributed by atoms with Crippen LogP contribution < -0.4 is 16.8 Å². The van der Waals surface area contributed by atoms with Gasteiger partial charge in [-0.05, 0) is 42.9 Å². The summed E-state index contributed by atoms with van der Waals surface area (Å²) in [5, 5.41) is 2.92. The average molecular weight is 233 g/mol. The SMILES string of the molecule is CC(CNC(=O)c1cc(N)cc(N)c1)C1CC1. The van der Waals surface area contributed by atoms with Crippen LogP contribution in [0.15, 0.2) is 18.2 Å². The zero-order valence-corrected chi connectivity index (χ0v) is 10.1. The quantitative estimate of drug-likeness (QED) is 0.691. The standard InChI is InChI=1S/C13H19N3O/c1-8(9-2-3-9)7-16-13(17)10-4-11(14)6-12(15)5-10/h4-6,8-9H,2-3,7,14-15H2,1H3,(H,16,17). The number of hydrogen-bond donors (Lipinski definition) is 3. The number of anilines is 2. The molecule has 1 aliphatic carbocycles.